The number of anilines is 1. The molecule has 2 heterocycles. The van der Waals surface area contributed by atoms with E-state index in [0.29, 0.717) is 18.8 Å². The van der Waals surface area contributed by atoms with Crippen LogP contribution in [0.5, 0.6) is 11.5 Å². The predicted molar refractivity (Wildman–Crippen MR) is 134 cm³/mol. The van der Waals surface area contributed by atoms with Crippen molar-refractivity contribution < 1.29 is 14.3 Å². The predicted octanol–water partition coefficient (Wildman–Crippen LogP) is 6.76. The SMILES string of the molecule is CCCC(CC)(CC)c1[nH]c2cc(OCCC3Oc4ccccc4NC3=O)ccc2c1CC. The van der Waals surface area contributed by atoms with E-state index < -0.39 is 6.10 Å². The Balaban J connectivity index is 1.49. The minimum Gasteiger partial charge on any atom is -0.493 e. The summed E-state index contributed by atoms with van der Waals surface area (Å²) in [6.45, 7) is 9.53. The summed E-state index contributed by atoms with van der Waals surface area (Å²) in [5.74, 6) is 1.39. The number of rotatable bonds is 10. The van der Waals surface area contributed by atoms with Gasteiger partial charge < -0.3 is 19.8 Å². The highest BCUT2D eigenvalue weighted by Crippen LogP contribution is 2.41. The van der Waals surface area contributed by atoms with Crippen LogP contribution in [-0.4, -0.2) is 23.6 Å². The molecule has 1 aliphatic rings. The molecule has 0 saturated heterocycles. The van der Waals surface area contributed by atoms with E-state index in [2.05, 4.69) is 50.1 Å². The molecule has 176 valence electrons. The van der Waals surface area contributed by atoms with Crippen molar-refractivity contribution in [3.05, 3.63) is 53.7 Å². The van der Waals surface area contributed by atoms with E-state index in [4.69, 9.17) is 9.47 Å². The molecule has 1 amide bonds. The van der Waals surface area contributed by atoms with Gasteiger partial charge in [-0.05, 0) is 55.5 Å². The molecule has 2 aromatic carbocycles. The fourth-order valence-corrected chi connectivity index (χ4v) is 5.27. The van der Waals surface area contributed by atoms with E-state index in [0.717, 1.165) is 36.2 Å². The maximum Gasteiger partial charge on any atom is 0.265 e. The van der Waals surface area contributed by atoms with Gasteiger partial charge in [0.1, 0.15) is 11.5 Å². The zero-order chi connectivity index (χ0) is 23.4. The van der Waals surface area contributed by atoms with E-state index in [1.165, 1.54) is 29.5 Å². The number of benzene rings is 2. The molecule has 2 N–H and O–H groups in total. The average Bonchev–Trinajstić information content (AvgIpc) is 3.21. The molecule has 5 heteroatoms. The van der Waals surface area contributed by atoms with Crippen molar-refractivity contribution in [1.29, 1.82) is 0 Å². The fraction of sp³-hybridized carbons (Fsp3) is 0.464. The minimum absolute atomic E-state index is 0.124. The van der Waals surface area contributed by atoms with Crippen LogP contribution in [0.2, 0.25) is 0 Å². The summed E-state index contributed by atoms with van der Waals surface area (Å²) in [5.41, 5.74) is 4.87. The van der Waals surface area contributed by atoms with Gasteiger partial charge in [0.15, 0.2) is 6.10 Å². The monoisotopic (exact) mass is 448 g/mol. The van der Waals surface area contributed by atoms with Crippen molar-refractivity contribution in [3.8, 4) is 11.5 Å². The first-order chi connectivity index (χ1) is 16.0. The normalized spacial score (nSPS) is 15.8. The number of aromatic nitrogens is 1. The Morgan fingerprint density at radius 1 is 1.06 bits per heavy atom. The van der Waals surface area contributed by atoms with Gasteiger partial charge >= 0.3 is 0 Å². The lowest BCUT2D eigenvalue weighted by molar-refractivity contribution is -0.124. The number of carbonyl (C=O) groups excluding carboxylic acids is 1. The Hall–Kier alpha value is -2.95. The van der Waals surface area contributed by atoms with Gasteiger partial charge in [0.25, 0.3) is 5.91 Å². The molecule has 1 aromatic heterocycles. The molecule has 33 heavy (non-hydrogen) atoms. The number of aryl methyl sites for hydroxylation is 1. The van der Waals surface area contributed by atoms with Crippen molar-refractivity contribution in [2.45, 2.75) is 77.7 Å². The lowest BCUT2D eigenvalue weighted by Crippen LogP contribution is -2.38. The van der Waals surface area contributed by atoms with E-state index in [1.807, 2.05) is 30.3 Å². The van der Waals surface area contributed by atoms with Gasteiger partial charge in [-0.25, -0.2) is 0 Å². The van der Waals surface area contributed by atoms with Gasteiger partial charge in [0.05, 0.1) is 12.3 Å². The summed E-state index contributed by atoms with van der Waals surface area (Å²) < 4.78 is 11.9. The maximum absolute atomic E-state index is 12.4. The summed E-state index contributed by atoms with van der Waals surface area (Å²) in [4.78, 5) is 16.1. The summed E-state index contributed by atoms with van der Waals surface area (Å²) in [7, 11) is 0. The molecule has 0 aliphatic carbocycles. The summed E-state index contributed by atoms with van der Waals surface area (Å²) in [5, 5.41) is 4.20. The second-order valence-electron chi connectivity index (χ2n) is 9.01. The molecule has 0 fully saturated rings. The zero-order valence-electron chi connectivity index (χ0n) is 20.3. The van der Waals surface area contributed by atoms with Crippen LogP contribution < -0.4 is 14.8 Å². The van der Waals surface area contributed by atoms with Gasteiger partial charge in [0.2, 0.25) is 0 Å². The molecule has 3 aromatic rings. The highest BCUT2D eigenvalue weighted by atomic mass is 16.5. The van der Waals surface area contributed by atoms with Crippen LogP contribution in [0.25, 0.3) is 10.9 Å². The van der Waals surface area contributed by atoms with Crippen LogP contribution >= 0.6 is 0 Å². The van der Waals surface area contributed by atoms with E-state index >= 15 is 0 Å². The quantitative estimate of drug-likeness (QED) is 0.360. The van der Waals surface area contributed by atoms with E-state index in [9.17, 15) is 4.79 Å². The van der Waals surface area contributed by atoms with Gasteiger partial charge in [-0.1, -0.05) is 46.2 Å². The molecule has 1 atom stereocenters. The third-order valence-corrected chi connectivity index (χ3v) is 7.20. The number of amides is 1. The number of para-hydroxylation sites is 2. The smallest absolute Gasteiger partial charge is 0.265 e. The first-order valence-electron chi connectivity index (χ1n) is 12.4. The van der Waals surface area contributed by atoms with E-state index in [1.54, 1.807) is 0 Å². The van der Waals surface area contributed by atoms with Crippen LogP contribution in [0.4, 0.5) is 5.69 Å². The summed E-state index contributed by atoms with van der Waals surface area (Å²) in [6.07, 6.45) is 5.58. The average molecular weight is 449 g/mol. The first-order valence-corrected chi connectivity index (χ1v) is 12.4. The number of fused-ring (bicyclic) bond motifs is 2. The third kappa shape index (κ3) is 4.46. The number of hydrogen-bond acceptors (Lipinski definition) is 3. The Morgan fingerprint density at radius 3 is 2.58 bits per heavy atom. The molecule has 0 radical (unpaired) electrons. The fourth-order valence-electron chi connectivity index (χ4n) is 5.27. The molecule has 4 rings (SSSR count). The molecule has 5 nitrogen and oxygen atoms in total. The number of ether oxygens (including phenoxy) is 2. The largest absolute Gasteiger partial charge is 0.493 e. The molecule has 1 aliphatic heterocycles. The molecule has 0 saturated carbocycles. The van der Waals surface area contributed by atoms with Gasteiger partial charge in [-0.3, -0.25) is 4.79 Å². The Bertz CT molecular complexity index is 1110. The Labute approximate surface area is 196 Å². The second-order valence-corrected chi connectivity index (χ2v) is 9.01. The van der Waals surface area contributed by atoms with Crippen molar-refractivity contribution in [3.63, 3.8) is 0 Å². The summed E-state index contributed by atoms with van der Waals surface area (Å²) >= 11 is 0. The molecular formula is C28H36N2O3. The maximum atomic E-state index is 12.4. The minimum atomic E-state index is -0.545. The van der Waals surface area contributed by atoms with Crippen molar-refractivity contribution >= 4 is 22.5 Å². The number of H-pyrrole nitrogens is 1. The van der Waals surface area contributed by atoms with Crippen LogP contribution in [0, 0.1) is 0 Å². The van der Waals surface area contributed by atoms with Crippen molar-refractivity contribution in [1.82, 2.24) is 4.98 Å². The number of carbonyl (C=O) groups is 1. The highest BCUT2D eigenvalue weighted by Gasteiger charge is 2.32. The summed E-state index contributed by atoms with van der Waals surface area (Å²) in [6, 6.07) is 13.8. The highest BCUT2D eigenvalue weighted by molar-refractivity contribution is 5.97. The number of nitrogens with one attached hydrogen (secondary N) is 2. The van der Waals surface area contributed by atoms with Gasteiger partial charge in [0, 0.05) is 34.5 Å². The van der Waals surface area contributed by atoms with Crippen molar-refractivity contribution in [2.75, 3.05) is 11.9 Å². The topological polar surface area (TPSA) is 63.4 Å². The number of hydrogen-bond donors (Lipinski definition) is 2. The van der Waals surface area contributed by atoms with E-state index in [-0.39, 0.29) is 11.3 Å². The third-order valence-electron chi connectivity index (χ3n) is 7.20. The second kappa shape index (κ2) is 9.90. The van der Waals surface area contributed by atoms with Crippen LogP contribution in [0.1, 0.15) is 71.1 Å². The Kier molecular flexibility index (Phi) is 6.96. The molecule has 1 unspecified atom stereocenters. The molecule has 0 bridgehead atoms. The van der Waals surface area contributed by atoms with Gasteiger partial charge in [-0.2, -0.15) is 0 Å². The Morgan fingerprint density at radius 2 is 1.85 bits per heavy atom. The lowest BCUT2D eigenvalue weighted by Gasteiger charge is -2.32. The van der Waals surface area contributed by atoms with Crippen LogP contribution in [-0.2, 0) is 16.6 Å². The molecule has 0 spiro atoms. The zero-order valence-corrected chi connectivity index (χ0v) is 20.3. The number of aromatic amines is 1. The van der Waals surface area contributed by atoms with Crippen LogP contribution in [0.3, 0.4) is 0 Å². The standard InChI is InChI=1S/C28H36N2O3/c1-5-16-28(7-3,8-4)26-20(6-2)21-14-13-19(18-23(21)29-26)32-17-15-25-27(31)30-22-11-9-10-12-24(22)33-25/h9-14,18,25,29H,5-8,15-17H2,1-4H3,(H,30,31). The van der Waals surface area contributed by atoms with Crippen molar-refractivity contribution in [2.24, 2.45) is 0 Å². The first kappa shape index (κ1) is 23.2. The van der Waals surface area contributed by atoms with Crippen LogP contribution in [0.15, 0.2) is 42.5 Å². The lowest BCUT2D eigenvalue weighted by atomic mass is 9.74. The molecular weight excluding hydrogens is 412 g/mol. The van der Waals surface area contributed by atoms with Gasteiger partial charge in [-0.15, -0.1) is 0 Å².